The minimum absolute atomic E-state index is 0.0729. The van der Waals surface area contributed by atoms with Crippen molar-refractivity contribution in [2.45, 2.75) is 58.0 Å². The van der Waals surface area contributed by atoms with Crippen LogP contribution in [0.5, 0.6) is 0 Å². The Morgan fingerprint density at radius 2 is 1.84 bits per heavy atom. The lowest BCUT2D eigenvalue weighted by Gasteiger charge is -2.51. The van der Waals surface area contributed by atoms with Crippen LogP contribution < -0.4 is 4.72 Å². The third-order valence-corrected chi connectivity index (χ3v) is 8.78. The zero-order chi connectivity index (χ0) is 27.5. The van der Waals surface area contributed by atoms with Crippen molar-refractivity contribution in [1.82, 2.24) is 9.62 Å². The van der Waals surface area contributed by atoms with Crippen LogP contribution in [-0.4, -0.2) is 48.6 Å². The fourth-order valence-corrected chi connectivity index (χ4v) is 6.07. The summed E-state index contributed by atoms with van der Waals surface area (Å²) in [5, 5.41) is 10.3. The van der Waals surface area contributed by atoms with Gasteiger partial charge in [-0.15, -0.1) is 0 Å². The predicted molar refractivity (Wildman–Crippen MR) is 142 cm³/mol. The number of nitrogens with zero attached hydrogens (tertiary/aromatic N) is 1. The molecule has 4 atom stereocenters. The molecule has 1 aliphatic rings. The van der Waals surface area contributed by atoms with Gasteiger partial charge in [0.1, 0.15) is 5.82 Å². The van der Waals surface area contributed by atoms with Crippen molar-refractivity contribution < 1.29 is 27.5 Å². The molecule has 1 heterocycles. The van der Waals surface area contributed by atoms with Gasteiger partial charge in [0.05, 0.1) is 23.6 Å². The second-order valence-electron chi connectivity index (χ2n) is 9.79. The van der Waals surface area contributed by atoms with E-state index in [-0.39, 0.29) is 36.1 Å². The lowest BCUT2D eigenvalue weighted by atomic mass is 9.67. The van der Waals surface area contributed by atoms with Crippen molar-refractivity contribution in [1.29, 1.82) is 0 Å². The molecule has 0 aromatic heterocycles. The monoisotopic (exact) mass is 572 g/mol. The number of sulfonamides is 1. The Morgan fingerprint density at radius 1 is 1.19 bits per heavy atom. The second kappa shape index (κ2) is 11.7. The second-order valence-corrected chi connectivity index (χ2v) is 12.8. The highest BCUT2D eigenvalue weighted by Crippen LogP contribution is 2.52. The Labute approximate surface area is 227 Å². The van der Waals surface area contributed by atoms with E-state index >= 15 is 0 Å². The van der Waals surface area contributed by atoms with Crippen molar-refractivity contribution in [3.63, 3.8) is 0 Å². The molecule has 37 heavy (non-hydrogen) atoms. The van der Waals surface area contributed by atoms with E-state index in [1.807, 2.05) is 0 Å². The van der Waals surface area contributed by atoms with E-state index in [2.05, 4.69) is 4.72 Å². The van der Waals surface area contributed by atoms with E-state index in [0.29, 0.717) is 10.6 Å². The number of nitrogens with one attached hydrogen (secondary N) is 1. The summed E-state index contributed by atoms with van der Waals surface area (Å²) in [7, 11) is -3.43. The molecule has 0 bridgehead atoms. The highest BCUT2D eigenvalue weighted by atomic mass is 35.5. The number of rotatable bonds is 10. The topological polar surface area (TPSA) is 104 Å². The highest BCUT2D eigenvalue weighted by Gasteiger charge is 2.51. The molecule has 0 spiro atoms. The van der Waals surface area contributed by atoms with Gasteiger partial charge in [-0.05, 0) is 68.1 Å². The molecule has 1 fully saturated rings. The number of carboxylic acid groups (broad SMARTS) is 1. The summed E-state index contributed by atoms with van der Waals surface area (Å²) in [6, 6.07) is 10.1. The van der Waals surface area contributed by atoms with Gasteiger partial charge >= 0.3 is 5.97 Å². The van der Waals surface area contributed by atoms with Gasteiger partial charge < -0.3 is 10.0 Å². The van der Waals surface area contributed by atoms with Crippen molar-refractivity contribution in [2.24, 2.45) is 5.41 Å². The molecular formula is C26H31Cl2FN2O5S. The Kier molecular flexibility index (Phi) is 9.27. The Bertz CT molecular complexity index is 1240. The number of hydrogen-bond donors (Lipinski definition) is 2. The molecule has 1 amide bonds. The first kappa shape index (κ1) is 29.4. The number of piperidine rings is 1. The molecule has 11 heteroatoms. The van der Waals surface area contributed by atoms with Crippen LogP contribution in [0.4, 0.5) is 4.39 Å². The smallest absolute Gasteiger partial charge is 0.304 e. The van der Waals surface area contributed by atoms with E-state index in [4.69, 9.17) is 23.2 Å². The quantitative estimate of drug-likeness (QED) is 0.397. The summed E-state index contributed by atoms with van der Waals surface area (Å²) >= 11 is 12.3. The number of amides is 1. The molecule has 0 radical (unpaired) electrons. The molecule has 2 N–H and O–H groups in total. The summed E-state index contributed by atoms with van der Waals surface area (Å²) < 4.78 is 40.9. The number of carbonyl (C=O) groups excluding carboxylic acids is 1. The summed E-state index contributed by atoms with van der Waals surface area (Å²) in [5.41, 5.74) is -0.00507. The van der Waals surface area contributed by atoms with Gasteiger partial charge in [-0.2, -0.15) is 0 Å². The Morgan fingerprint density at radius 3 is 2.41 bits per heavy atom. The third kappa shape index (κ3) is 7.02. The number of likely N-dealkylation sites (tertiary alicyclic amines) is 1. The highest BCUT2D eigenvalue weighted by molar-refractivity contribution is 7.89. The van der Waals surface area contributed by atoms with E-state index in [1.54, 1.807) is 49.1 Å². The molecule has 2 aromatic rings. The molecule has 3 rings (SSSR count). The van der Waals surface area contributed by atoms with Crippen LogP contribution in [0.15, 0.2) is 42.5 Å². The summed E-state index contributed by atoms with van der Waals surface area (Å²) in [6.07, 6.45) is 0.0239. The van der Waals surface area contributed by atoms with Crippen LogP contribution in [0.3, 0.4) is 0 Å². The summed E-state index contributed by atoms with van der Waals surface area (Å²) in [4.78, 5) is 27.4. The number of benzene rings is 2. The number of carboxylic acids is 1. The van der Waals surface area contributed by atoms with Crippen molar-refractivity contribution >= 4 is 45.1 Å². The first-order chi connectivity index (χ1) is 17.3. The lowest BCUT2D eigenvalue weighted by Crippen LogP contribution is -2.56. The first-order valence-corrected chi connectivity index (χ1v) is 14.4. The standard InChI is InChI=1S/C26H31Cl2FN2O5S/c1-4-37(35,36)30-10-9-16(2)31-24(17-5-7-19(27)8-6-17)22(18-11-20(28)13-21(29)12-18)14-26(3,25(31)34)15-23(32)33/h5-8,11-13,16,22,24,30H,4,9-10,14-15H2,1-3H3,(H,32,33)/t16-,22+,24+,26+/m0/s1. The van der Waals surface area contributed by atoms with E-state index in [0.717, 1.165) is 5.56 Å². The van der Waals surface area contributed by atoms with Crippen molar-refractivity contribution in [3.05, 3.63) is 69.5 Å². The van der Waals surface area contributed by atoms with Gasteiger partial charge in [0.25, 0.3) is 0 Å². The molecule has 0 saturated carbocycles. The van der Waals surface area contributed by atoms with E-state index in [9.17, 15) is 27.5 Å². The average Bonchev–Trinajstić information content (AvgIpc) is 2.80. The van der Waals surface area contributed by atoms with Crippen molar-refractivity contribution in [2.75, 3.05) is 12.3 Å². The van der Waals surface area contributed by atoms with Crippen LogP contribution >= 0.6 is 23.2 Å². The summed E-state index contributed by atoms with van der Waals surface area (Å²) in [6.45, 7) is 5.03. The molecule has 1 aliphatic heterocycles. The normalized spacial score (nSPS) is 23.2. The van der Waals surface area contributed by atoms with Crippen LogP contribution in [0.2, 0.25) is 10.0 Å². The number of halogens is 3. The van der Waals surface area contributed by atoms with E-state index in [1.165, 1.54) is 19.1 Å². The zero-order valence-electron chi connectivity index (χ0n) is 20.9. The van der Waals surface area contributed by atoms with Gasteiger partial charge in [0.15, 0.2) is 0 Å². The Balaban J connectivity index is 2.14. The number of aliphatic carboxylic acids is 1. The zero-order valence-corrected chi connectivity index (χ0v) is 23.2. The maximum absolute atomic E-state index is 14.5. The number of carbonyl (C=O) groups is 2. The minimum atomic E-state index is -3.43. The van der Waals surface area contributed by atoms with E-state index < -0.39 is 51.6 Å². The first-order valence-electron chi connectivity index (χ1n) is 12.0. The largest absolute Gasteiger partial charge is 0.481 e. The fraction of sp³-hybridized carbons (Fsp3) is 0.462. The molecule has 1 saturated heterocycles. The SMILES string of the molecule is CCS(=O)(=O)NCC[C@H](C)N1C(=O)[C@@](C)(CC(=O)O)C[C@H](c2cc(F)cc(Cl)c2)[C@H]1c1ccc(Cl)cc1. The third-order valence-electron chi connectivity index (χ3n) is 6.91. The molecular weight excluding hydrogens is 542 g/mol. The predicted octanol–water partition coefficient (Wildman–Crippen LogP) is 5.39. The van der Waals surface area contributed by atoms with Gasteiger partial charge in [-0.25, -0.2) is 17.5 Å². The maximum atomic E-state index is 14.5. The summed E-state index contributed by atoms with van der Waals surface area (Å²) in [5.74, 6) is -2.59. The van der Waals surface area contributed by atoms with Gasteiger partial charge in [-0.1, -0.05) is 42.3 Å². The molecule has 202 valence electrons. The maximum Gasteiger partial charge on any atom is 0.304 e. The van der Waals surface area contributed by atoms with Gasteiger partial charge in [0.2, 0.25) is 15.9 Å². The molecule has 0 aliphatic carbocycles. The van der Waals surface area contributed by atoms with Crippen LogP contribution in [0.1, 0.15) is 63.1 Å². The fourth-order valence-electron chi connectivity index (χ4n) is 5.08. The van der Waals surface area contributed by atoms with Crippen LogP contribution in [-0.2, 0) is 19.6 Å². The van der Waals surface area contributed by atoms with Gasteiger partial charge in [-0.3, -0.25) is 9.59 Å². The van der Waals surface area contributed by atoms with Crippen molar-refractivity contribution in [3.8, 4) is 0 Å². The number of hydrogen-bond acceptors (Lipinski definition) is 4. The minimum Gasteiger partial charge on any atom is -0.481 e. The Hall–Kier alpha value is -2.20. The average molecular weight is 574 g/mol. The molecule has 2 aromatic carbocycles. The lowest BCUT2D eigenvalue weighted by molar-refractivity contribution is -0.160. The molecule has 7 nitrogen and oxygen atoms in total. The van der Waals surface area contributed by atoms with Crippen LogP contribution in [0.25, 0.3) is 0 Å². The van der Waals surface area contributed by atoms with Crippen LogP contribution in [0, 0.1) is 11.2 Å². The van der Waals surface area contributed by atoms with Gasteiger partial charge in [0, 0.05) is 28.5 Å². The molecule has 0 unspecified atom stereocenters.